The van der Waals surface area contributed by atoms with Crippen molar-refractivity contribution in [2.75, 3.05) is 11.4 Å². The molecular formula is C27H19N5OS. The van der Waals surface area contributed by atoms with Gasteiger partial charge in [-0.25, -0.2) is 0 Å². The number of hydrogen-bond acceptors (Lipinski definition) is 7. The van der Waals surface area contributed by atoms with Gasteiger partial charge in [0.15, 0.2) is 0 Å². The van der Waals surface area contributed by atoms with E-state index < -0.39 is 0 Å². The molecule has 5 rings (SSSR count). The SMILES string of the molecule is CCCN1c2ccccc2Sc2cc(/C=C/c3nnc(-c4ccc(C#N)c(C#N)c4)o3)ccc21. The van der Waals surface area contributed by atoms with Crippen molar-refractivity contribution in [1.82, 2.24) is 10.2 Å². The van der Waals surface area contributed by atoms with Crippen LogP contribution in [0.4, 0.5) is 11.4 Å². The Morgan fingerprint density at radius 2 is 1.74 bits per heavy atom. The lowest BCUT2D eigenvalue weighted by atomic mass is 10.1. The van der Waals surface area contributed by atoms with Gasteiger partial charge in [0.1, 0.15) is 12.1 Å². The highest BCUT2D eigenvalue weighted by molar-refractivity contribution is 7.99. The van der Waals surface area contributed by atoms with E-state index in [1.54, 1.807) is 36.0 Å². The first-order valence-corrected chi connectivity index (χ1v) is 11.7. The Hall–Kier alpha value is -4.33. The minimum atomic E-state index is 0.278. The van der Waals surface area contributed by atoms with Gasteiger partial charge in [0.2, 0.25) is 11.8 Å². The second kappa shape index (κ2) is 9.27. The molecule has 3 aromatic carbocycles. The highest BCUT2D eigenvalue weighted by Crippen LogP contribution is 2.48. The Balaban J connectivity index is 1.39. The second-order valence-electron chi connectivity index (χ2n) is 7.71. The molecule has 0 N–H and O–H groups in total. The number of benzene rings is 3. The summed E-state index contributed by atoms with van der Waals surface area (Å²) in [5.74, 6) is 0.662. The molecule has 4 aromatic rings. The molecule has 0 fully saturated rings. The molecule has 6 nitrogen and oxygen atoms in total. The molecule has 2 heterocycles. The maximum Gasteiger partial charge on any atom is 0.248 e. The van der Waals surface area contributed by atoms with Crippen LogP contribution >= 0.6 is 11.8 Å². The number of para-hydroxylation sites is 1. The smallest absolute Gasteiger partial charge is 0.248 e. The largest absolute Gasteiger partial charge is 0.417 e. The van der Waals surface area contributed by atoms with Crippen molar-refractivity contribution in [2.45, 2.75) is 23.1 Å². The first kappa shape index (κ1) is 21.5. The Morgan fingerprint density at radius 3 is 2.56 bits per heavy atom. The van der Waals surface area contributed by atoms with Crippen LogP contribution in [0.2, 0.25) is 0 Å². The molecule has 34 heavy (non-hydrogen) atoms. The van der Waals surface area contributed by atoms with E-state index in [0.717, 1.165) is 18.5 Å². The summed E-state index contributed by atoms with van der Waals surface area (Å²) in [4.78, 5) is 4.85. The number of rotatable bonds is 5. The first-order chi connectivity index (χ1) is 16.7. The third-order valence-corrected chi connectivity index (χ3v) is 6.58. The van der Waals surface area contributed by atoms with Gasteiger partial charge in [0.05, 0.1) is 22.5 Å². The Labute approximate surface area is 201 Å². The van der Waals surface area contributed by atoms with Crippen molar-refractivity contribution >= 4 is 35.3 Å². The summed E-state index contributed by atoms with van der Waals surface area (Å²) >= 11 is 1.78. The fraction of sp³-hybridized carbons (Fsp3) is 0.111. The van der Waals surface area contributed by atoms with Gasteiger partial charge in [0, 0.05) is 28.0 Å². The number of hydrogen-bond donors (Lipinski definition) is 0. The first-order valence-electron chi connectivity index (χ1n) is 10.8. The molecule has 164 valence electrons. The van der Waals surface area contributed by atoms with Crippen molar-refractivity contribution in [3.63, 3.8) is 0 Å². The van der Waals surface area contributed by atoms with Crippen LogP contribution in [0.1, 0.15) is 35.9 Å². The topological polar surface area (TPSA) is 89.7 Å². The second-order valence-corrected chi connectivity index (χ2v) is 8.80. The summed E-state index contributed by atoms with van der Waals surface area (Å²) in [6.07, 6.45) is 4.79. The predicted octanol–water partition coefficient (Wildman–Crippen LogP) is 6.66. The van der Waals surface area contributed by atoms with Gasteiger partial charge >= 0.3 is 0 Å². The van der Waals surface area contributed by atoms with E-state index >= 15 is 0 Å². The van der Waals surface area contributed by atoms with E-state index in [0.29, 0.717) is 22.9 Å². The van der Waals surface area contributed by atoms with Crippen molar-refractivity contribution in [3.8, 4) is 23.6 Å². The van der Waals surface area contributed by atoms with Crippen LogP contribution in [0.15, 0.2) is 74.9 Å². The lowest BCUT2D eigenvalue weighted by Crippen LogP contribution is -2.21. The summed E-state index contributed by atoms with van der Waals surface area (Å²) in [6, 6.07) is 23.8. The summed E-state index contributed by atoms with van der Waals surface area (Å²) in [7, 11) is 0. The molecule has 1 aromatic heterocycles. The van der Waals surface area contributed by atoms with Crippen LogP contribution in [0.25, 0.3) is 23.6 Å². The third-order valence-electron chi connectivity index (χ3n) is 5.46. The molecular weight excluding hydrogens is 442 g/mol. The van der Waals surface area contributed by atoms with Crippen molar-refractivity contribution in [1.29, 1.82) is 10.5 Å². The molecule has 1 aliphatic rings. The minimum Gasteiger partial charge on any atom is -0.417 e. The summed E-state index contributed by atoms with van der Waals surface area (Å²) in [5.41, 5.74) is 4.70. The van der Waals surface area contributed by atoms with Gasteiger partial charge in [-0.2, -0.15) is 10.5 Å². The van der Waals surface area contributed by atoms with Gasteiger partial charge in [-0.1, -0.05) is 36.9 Å². The fourth-order valence-electron chi connectivity index (χ4n) is 3.87. The van der Waals surface area contributed by atoms with Gasteiger partial charge < -0.3 is 9.32 Å². The number of fused-ring (bicyclic) bond motifs is 2. The monoisotopic (exact) mass is 461 g/mol. The third kappa shape index (κ3) is 4.05. The molecule has 0 unspecified atom stereocenters. The van der Waals surface area contributed by atoms with E-state index in [2.05, 4.69) is 64.5 Å². The summed E-state index contributed by atoms with van der Waals surface area (Å²) in [5, 5.41) is 26.5. The quantitative estimate of drug-likeness (QED) is 0.328. The van der Waals surface area contributed by atoms with Gasteiger partial charge in [-0.3, -0.25) is 0 Å². The predicted molar refractivity (Wildman–Crippen MR) is 132 cm³/mol. The Kier molecular flexibility index (Phi) is 5.86. The minimum absolute atomic E-state index is 0.278. The van der Waals surface area contributed by atoms with Gasteiger partial charge in [-0.05, 0) is 60.5 Å². The van der Waals surface area contributed by atoms with Gasteiger partial charge in [-0.15, -0.1) is 10.2 Å². The molecule has 0 radical (unpaired) electrons. The zero-order valence-electron chi connectivity index (χ0n) is 18.4. The van der Waals surface area contributed by atoms with E-state index in [-0.39, 0.29) is 5.56 Å². The lowest BCUT2D eigenvalue weighted by molar-refractivity contribution is 0.558. The highest BCUT2D eigenvalue weighted by atomic mass is 32.2. The van der Waals surface area contributed by atoms with E-state index in [9.17, 15) is 5.26 Å². The molecule has 0 spiro atoms. The van der Waals surface area contributed by atoms with Crippen LogP contribution in [0.3, 0.4) is 0 Å². The molecule has 0 saturated carbocycles. The Morgan fingerprint density at radius 1 is 0.912 bits per heavy atom. The van der Waals surface area contributed by atoms with Gasteiger partial charge in [0.25, 0.3) is 0 Å². The summed E-state index contributed by atoms with van der Waals surface area (Å²) in [6.45, 7) is 3.16. The fourth-order valence-corrected chi connectivity index (χ4v) is 5.02. The van der Waals surface area contributed by atoms with Crippen molar-refractivity contribution < 1.29 is 4.42 Å². The number of nitrogens with zero attached hydrogens (tertiary/aromatic N) is 5. The zero-order valence-corrected chi connectivity index (χ0v) is 19.2. The van der Waals surface area contributed by atoms with Crippen LogP contribution < -0.4 is 4.90 Å². The maximum absolute atomic E-state index is 9.24. The molecule has 0 aliphatic carbocycles. The number of anilines is 2. The maximum atomic E-state index is 9.24. The molecule has 0 saturated heterocycles. The zero-order chi connectivity index (χ0) is 23.5. The standard InChI is InChI=1S/C27H19N5OS/c1-2-13-32-22-5-3-4-6-24(22)34-25-14-18(7-11-23(25)32)8-12-26-30-31-27(33-26)19-9-10-20(16-28)21(15-19)17-29/h3-12,14-15H,2,13H2,1H3/b12-8+. The molecule has 0 amide bonds. The normalized spacial score (nSPS) is 12.1. The van der Waals surface area contributed by atoms with E-state index in [1.807, 2.05) is 18.2 Å². The molecule has 0 atom stereocenters. The molecule has 1 aliphatic heterocycles. The van der Waals surface area contributed by atoms with Crippen LogP contribution in [0, 0.1) is 22.7 Å². The highest BCUT2D eigenvalue weighted by Gasteiger charge is 2.22. The van der Waals surface area contributed by atoms with Crippen molar-refractivity contribution in [2.24, 2.45) is 0 Å². The van der Waals surface area contributed by atoms with E-state index in [1.165, 1.54) is 21.2 Å². The lowest BCUT2D eigenvalue weighted by Gasteiger charge is -2.32. The van der Waals surface area contributed by atoms with Crippen LogP contribution in [-0.4, -0.2) is 16.7 Å². The number of aromatic nitrogens is 2. The number of nitriles is 2. The molecule has 0 bridgehead atoms. The molecule has 7 heteroatoms. The summed E-state index contributed by atoms with van der Waals surface area (Å²) < 4.78 is 5.76. The van der Waals surface area contributed by atoms with E-state index in [4.69, 9.17) is 9.68 Å². The van der Waals surface area contributed by atoms with Crippen LogP contribution in [-0.2, 0) is 0 Å². The average molecular weight is 462 g/mol. The Bertz CT molecular complexity index is 1490. The van der Waals surface area contributed by atoms with Crippen LogP contribution in [0.5, 0.6) is 0 Å². The average Bonchev–Trinajstić information content (AvgIpc) is 3.36. The van der Waals surface area contributed by atoms with Crippen molar-refractivity contribution in [3.05, 3.63) is 83.2 Å².